The lowest BCUT2D eigenvalue weighted by atomic mass is 10.0. The zero-order chi connectivity index (χ0) is 20.4. The minimum atomic E-state index is -0.851. The second-order valence-corrected chi connectivity index (χ2v) is 7.24. The lowest BCUT2D eigenvalue weighted by Crippen LogP contribution is -2.40. The molecule has 1 aromatic carbocycles. The normalized spacial score (nSPS) is 12.6. The third kappa shape index (κ3) is 10.6. The summed E-state index contributed by atoms with van der Waals surface area (Å²) < 4.78 is 31.5. The first kappa shape index (κ1) is 26.4. The van der Waals surface area contributed by atoms with E-state index in [-0.39, 0.29) is 29.9 Å². The molecule has 160 valence electrons. The molecule has 0 aliphatic carbocycles. The summed E-state index contributed by atoms with van der Waals surface area (Å²) in [5, 5.41) is 8.96. The van der Waals surface area contributed by atoms with Crippen LogP contribution in [0.1, 0.15) is 45.6 Å². The molecular formula is C19H31F2IN4O2. The van der Waals surface area contributed by atoms with Crippen molar-refractivity contribution < 1.29 is 18.3 Å². The number of ether oxygens (including phenoxy) is 1. The Balaban J connectivity index is 0.00000729. The zero-order valence-electron chi connectivity index (χ0n) is 17.1. The first-order chi connectivity index (χ1) is 12.6. The topological polar surface area (TPSA) is 74.8 Å². The van der Waals surface area contributed by atoms with E-state index < -0.39 is 23.3 Å². The Hall–Kier alpha value is -1.65. The highest BCUT2D eigenvalue weighted by molar-refractivity contribution is 14.0. The van der Waals surface area contributed by atoms with Gasteiger partial charge in [0.25, 0.3) is 0 Å². The summed E-state index contributed by atoms with van der Waals surface area (Å²) in [6.07, 6.45) is 0.254. The number of benzene rings is 1. The molecule has 0 aromatic heterocycles. The summed E-state index contributed by atoms with van der Waals surface area (Å²) >= 11 is 0. The zero-order valence-corrected chi connectivity index (χ0v) is 19.4. The van der Waals surface area contributed by atoms with E-state index in [0.29, 0.717) is 37.6 Å². The Bertz CT molecular complexity index is 651. The monoisotopic (exact) mass is 512 g/mol. The number of halogens is 3. The fourth-order valence-corrected chi connectivity index (χ4v) is 2.21. The van der Waals surface area contributed by atoms with E-state index in [1.807, 2.05) is 27.7 Å². The number of rotatable bonds is 7. The highest BCUT2D eigenvalue weighted by atomic mass is 127. The molecular weight excluding hydrogens is 481 g/mol. The van der Waals surface area contributed by atoms with Crippen LogP contribution in [0.4, 0.5) is 13.6 Å². The summed E-state index contributed by atoms with van der Waals surface area (Å²) in [4.78, 5) is 15.6. The maximum absolute atomic E-state index is 13.3. The van der Waals surface area contributed by atoms with Crippen LogP contribution in [0.3, 0.4) is 0 Å². The van der Waals surface area contributed by atoms with Gasteiger partial charge in [-0.1, -0.05) is 13.0 Å². The van der Waals surface area contributed by atoms with Crippen LogP contribution in [0.25, 0.3) is 0 Å². The first-order valence-electron chi connectivity index (χ1n) is 8.98. The lowest BCUT2D eigenvalue weighted by molar-refractivity contribution is 0.0527. The quantitative estimate of drug-likeness (QED) is 0.225. The molecule has 1 unspecified atom stereocenters. The Kier molecular flexibility index (Phi) is 12.0. The molecule has 0 saturated heterocycles. The van der Waals surface area contributed by atoms with Crippen LogP contribution in [0.5, 0.6) is 0 Å². The van der Waals surface area contributed by atoms with Crippen molar-refractivity contribution in [2.24, 2.45) is 4.99 Å². The molecule has 0 radical (unpaired) electrons. The number of aliphatic imine (C=N–C) groups is 1. The molecule has 28 heavy (non-hydrogen) atoms. The standard InChI is InChI=1S/C19H30F2N4O2.HI/c1-13(14-7-8-15(20)16(21)11-14)12-25-17(22-5)23-9-6-10-24-18(26)27-19(2,3)4;/h7-8,11,13H,6,9-10,12H2,1-5H3,(H,24,26)(H2,22,23,25);1H. The Morgan fingerprint density at radius 1 is 1.14 bits per heavy atom. The number of hydrogen-bond donors (Lipinski definition) is 3. The van der Waals surface area contributed by atoms with Gasteiger partial charge in [-0.25, -0.2) is 13.6 Å². The lowest BCUT2D eigenvalue weighted by Gasteiger charge is -2.19. The largest absolute Gasteiger partial charge is 0.444 e. The van der Waals surface area contributed by atoms with Crippen molar-refractivity contribution in [3.8, 4) is 0 Å². The molecule has 0 fully saturated rings. The van der Waals surface area contributed by atoms with Crippen LogP contribution < -0.4 is 16.0 Å². The fraction of sp³-hybridized carbons (Fsp3) is 0.579. The van der Waals surface area contributed by atoms with Gasteiger partial charge < -0.3 is 20.7 Å². The molecule has 0 spiro atoms. The van der Waals surface area contributed by atoms with Gasteiger partial charge in [0, 0.05) is 26.7 Å². The molecule has 0 aliphatic heterocycles. The van der Waals surface area contributed by atoms with Crippen molar-refractivity contribution >= 4 is 36.0 Å². The highest BCUT2D eigenvalue weighted by Crippen LogP contribution is 2.17. The van der Waals surface area contributed by atoms with Gasteiger partial charge in [-0.15, -0.1) is 24.0 Å². The van der Waals surface area contributed by atoms with Crippen LogP contribution in [0, 0.1) is 11.6 Å². The van der Waals surface area contributed by atoms with Crippen molar-refractivity contribution in [2.75, 3.05) is 26.7 Å². The van der Waals surface area contributed by atoms with Gasteiger partial charge in [0.2, 0.25) is 0 Å². The predicted octanol–water partition coefficient (Wildman–Crippen LogP) is 3.77. The second-order valence-electron chi connectivity index (χ2n) is 7.24. The van der Waals surface area contributed by atoms with Crippen LogP contribution in [-0.2, 0) is 4.74 Å². The number of nitrogens with one attached hydrogen (secondary N) is 3. The maximum atomic E-state index is 13.3. The minimum absolute atomic E-state index is 0. The predicted molar refractivity (Wildman–Crippen MR) is 118 cm³/mol. The number of guanidine groups is 1. The van der Waals surface area contributed by atoms with Gasteiger partial charge in [-0.3, -0.25) is 4.99 Å². The number of carbonyl (C=O) groups excluding carboxylic acids is 1. The second kappa shape index (κ2) is 12.7. The van der Waals surface area contributed by atoms with Gasteiger partial charge in [0.05, 0.1) is 0 Å². The van der Waals surface area contributed by atoms with E-state index >= 15 is 0 Å². The Morgan fingerprint density at radius 3 is 2.36 bits per heavy atom. The smallest absolute Gasteiger partial charge is 0.407 e. The molecule has 3 N–H and O–H groups in total. The molecule has 1 aromatic rings. The summed E-state index contributed by atoms with van der Waals surface area (Å²) in [5.74, 6) is -1.12. The Morgan fingerprint density at radius 2 is 1.79 bits per heavy atom. The number of nitrogens with zero attached hydrogens (tertiary/aromatic N) is 1. The van der Waals surface area contributed by atoms with E-state index in [0.717, 1.165) is 6.07 Å². The molecule has 0 aliphatic rings. The molecule has 1 amide bonds. The van der Waals surface area contributed by atoms with Crippen LogP contribution >= 0.6 is 24.0 Å². The van der Waals surface area contributed by atoms with Crippen molar-refractivity contribution in [3.63, 3.8) is 0 Å². The SMILES string of the molecule is CN=C(NCCCNC(=O)OC(C)(C)C)NCC(C)c1ccc(F)c(F)c1.I. The summed E-state index contributed by atoms with van der Waals surface area (Å²) in [5.41, 5.74) is 0.191. The Labute approximate surface area is 182 Å². The fourth-order valence-electron chi connectivity index (χ4n) is 2.21. The highest BCUT2D eigenvalue weighted by Gasteiger charge is 2.15. The summed E-state index contributed by atoms with van der Waals surface area (Å²) in [7, 11) is 1.65. The number of hydrogen-bond acceptors (Lipinski definition) is 3. The van der Waals surface area contributed by atoms with Crippen molar-refractivity contribution in [3.05, 3.63) is 35.4 Å². The van der Waals surface area contributed by atoms with E-state index in [4.69, 9.17) is 4.74 Å². The van der Waals surface area contributed by atoms with Gasteiger partial charge in [0.15, 0.2) is 17.6 Å². The molecule has 1 atom stereocenters. The summed E-state index contributed by atoms with van der Waals surface area (Å²) in [6.45, 7) is 8.94. The van der Waals surface area contributed by atoms with Crippen molar-refractivity contribution in [1.29, 1.82) is 0 Å². The average molecular weight is 512 g/mol. The third-order valence-electron chi connectivity index (χ3n) is 3.63. The number of carbonyl (C=O) groups is 1. The third-order valence-corrected chi connectivity index (χ3v) is 3.63. The molecule has 1 rings (SSSR count). The van der Waals surface area contributed by atoms with Gasteiger partial charge in [-0.05, 0) is 50.8 Å². The number of amides is 1. The van der Waals surface area contributed by atoms with Crippen LogP contribution in [-0.4, -0.2) is 44.3 Å². The average Bonchev–Trinajstić information content (AvgIpc) is 2.57. The van der Waals surface area contributed by atoms with E-state index in [9.17, 15) is 13.6 Å². The molecule has 0 saturated carbocycles. The maximum Gasteiger partial charge on any atom is 0.407 e. The summed E-state index contributed by atoms with van der Waals surface area (Å²) in [6, 6.07) is 3.91. The molecule has 0 heterocycles. The van der Waals surface area contributed by atoms with E-state index in [2.05, 4.69) is 20.9 Å². The van der Waals surface area contributed by atoms with E-state index in [1.54, 1.807) is 13.1 Å². The van der Waals surface area contributed by atoms with Crippen molar-refractivity contribution in [2.45, 2.75) is 45.6 Å². The molecule has 6 nitrogen and oxygen atoms in total. The number of alkyl carbamates (subject to hydrolysis) is 1. The minimum Gasteiger partial charge on any atom is -0.444 e. The van der Waals surface area contributed by atoms with E-state index in [1.165, 1.54) is 6.07 Å². The van der Waals surface area contributed by atoms with Crippen LogP contribution in [0.2, 0.25) is 0 Å². The first-order valence-corrected chi connectivity index (χ1v) is 8.98. The molecule has 0 bridgehead atoms. The van der Waals surface area contributed by atoms with Gasteiger partial charge in [-0.2, -0.15) is 0 Å². The van der Waals surface area contributed by atoms with Gasteiger partial charge >= 0.3 is 6.09 Å². The van der Waals surface area contributed by atoms with Crippen LogP contribution in [0.15, 0.2) is 23.2 Å². The van der Waals surface area contributed by atoms with Crippen molar-refractivity contribution in [1.82, 2.24) is 16.0 Å². The molecule has 9 heteroatoms. The van der Waals surface area contributed by atoms with Gasteiger partial charge in [0.1, 0.15) is 5.60 Å².